The van der Waals surface area contributed by atoms with Crippen LogP contribution in [0.2, 0.25) is 0 Å². The van der Waals surface area contributed by atoms with E-state index in [1.165, 1.54) is 19.1 Å². The molecule has 2 aromatic rings. The third-order valence-electron chi connectivity index (χ3n) is 5.17. The van der Waals surface area contributed by atoms with Gasteiger partial charge in [-0.3, -0.25) is 4.79 Å². The third-order valence-corrected chi connectivity index (χ3v) is 6.74. The maximum absolute atomic E-state index is 13.8. The van der Waals surface area contributed by atoms with E-state index >= 15 is 0 Å². The van der Waals surface area contributed by atoms with Gasteiger partial charge in [-0.15, -0.1) is 0 Å². The summed E-state index contributed by atoms with van der Waals surface area (Å²) in [5.41, 5.74) is 1.64. The summed E-state index contributed by atoms with van der Waals surface area (Å²) in [4.78, 5) is 16.6. The molecule has 9 heteroatoms. The minimum Gasteiger partial charge on any atom is -0.369 e. The van der Waals surface area contributed by atoms with Crippen molar-refractivity contribution in [3.63, 3.8) is 0 Å². The molecule has 1 heterocycles. The van der Waals surface area contributed by atoms with Crippen molar-refractivity contribution in [2.75, 3.05) is 42.9 Å². The van der Waals surface area contributed by atoms with Gasteiger partial charge in [-0.2, -0.15) is 4.72 Å². The summed E-state index contributed by atoms with van der Waals surface area (Å²) in [5, 5.41) is 2.69. The lowest BCUT2D eigenvalue weighted by Gasteiger charge is -2.35. The average Bonchev–Trinajstić information content (AvgIpc) is 2.74. The Morgan fingerprint density at radius 1 is 1.07 bits per heavy atom. The SMILES string of the molecule is CCN1CCN(c2ccc(NC(=O)C(C)NS(=O)(=O)c3ccccc3F)cc2)CC1. The number of piperazine rings is 1. The van der Waals surface area contributed by atoms with Crippen LogP contribution < -0.4 is 14.9 Å². The van der Waals surface area contributed by atoms with Gasteiger partial charge in [0.2, 0.25) is 15.9 Å². The highest BCUT2D eigenvalue weighted by atomic mass is 32.2. The van der Waals surface area contributed by atoms with Crippen LogP contribution in [0.5, 0.6) is 0 Å². The average molecular weight is 435 g/mol. The molecule has 0 radical (unpaired) electrons. The number of nitrogens with one attached hydrogen (secondary N) is 2. The van der Waals surface area contributed by atoms with Crippen molar-refractivity contribution >= 4 is 27.3 Å². The maximum Gasteiger partial charge on any atom is 0.244 e. The van der Waals surface area contributed by atoms with Crippen molar-refractivity contribution in [3.8, 4) is 0 Å². The molecule has 1 aliphatic rings. The first-order valence-electron chi connectivity index (χ1n) is 9.95. The summed E-state index contributed by atoms with van der Waals surface area (Å²) in [6.07, 6.45) is 0. The molecule has 162 valence electrons. The molecule has 7 nitrogen and oxygen atoms in total. The van der Waals surface area contributed by atoms with Crippen LogP contribution in [0, 0.1) is 5.82 Å². The Hall–Kier alpha value is -2.49. The number of rotatable bonds is 7. The van der Waals surface area contributed by atoms with E-state index in [1.54, 1.807) is 12.1 Å². The first-order chi connectivity index (χ1) is 14.3. The second-order valence-electron chi connectivity index (χ2n) is 7.23. The Bertz CT molecular complexity index is 974. The normalized spacial score (nSPS) is 16.3. The minimum absolute atomic E-state index is 0.489. The fraction of sp³-hybridized carbons (Fsp3) is 0.381. The van der Waals surface area contributed by atoms with Crippen molar-refractivity contribution < 1.29 is 17.6 Å². The van der Waals surface area contributed by atoms with E-state index in [9.17, 15) is 17.6 Å². The smallest absolute Gasteiger partial charge is 0.244 e. The predicted molar refractivity (Wildman–Crippen MR) is 116 cm³/mol. The quantitative estimate of drug-likeness (QED) is 0.699. The Labute approximate surface area is 176 Å². The van der Waals surface area contributed by atoms with E-state index < -0.39 is 32.7 Å². The van der Waals surface area contributed by atoms with Crippen molar-refractivity contribution in [1.29, 1.82) is 0 Å². The summed E-state index contributed by atoms with van der Waals surface area (Å²) < 4.78 is 40.7. The lowest BCUT2D eigenvalue weighted by Crippen LogP contribution is -2.46. The molecule has 0 spiro atoms. The number of hydrogen-bond acceptors (Lipinski definition) is 5. The van der Waals surface area contributed by atoms with Gasteiger partial charge >= 0.3 is 0 Å². The van der Waals surface area contributed by atoms with Gasteiger partial charge in [-0.05, 0) is 49.9 Å². The van der Waals surface area contributed by atoms with Crippen molar-refractivity contribution in [2.45, 2.75) is 24.8 Å². The van der Waals surface area contributed by atoms with Gasteiger partial charge < -0.3 is 15.1 Å². The molecule has 0 bridgehead atoms. The standard InChI is InChI=1S/C21H27FN4O3S/c1-3-25-12-14-26(15-13-25)18-10-8-17(9-11-18)23-21(27)16(2)24-30(28,29)20-7-5-4-6-19(20)22/h4-11,16,24H,3,12-15H2,1-2H3,(H,23,27). The second kappa shape index (κ2) is 9.55. The van der Waals surface area contributed by atoms with Gasteiger partial charge in [-0.25, -0.2) is 12.8 Å². The topological polar surface area (TPSA) is 81.8 Å². The highest BCUT2D eigenvalue weighted by Gasteiger charge is 2.24. The molecule has 1 amide bonds. The number of likely N-dealkylation sites (N-methyl/N-ethyl adjacent to an activating group) is 1. The van der Waals surface area contributed by atoms with Gasteiger partial charge in [0.1, 0.15) is 10.7 Å². The van der Waals surface area contributed by atoms with E-state index in [2.05, 4.69) is 26.8 Å². The second-order valence-corrected chi connectivity index (χ2v) is 8.91. The number of amides is 1. The van der Waals surface area contributed by atoms with E-state index in [1.807, 2.05) is 12.1 Å². The van der Waals surface area contributed by atoms with Crippen LogP contribution in [0.15, 0.2) is 53.4 Å². The van der Waals surface area contributed by atoms with Crippen LogP contribution in [0.4, 0.5) is 15.8 Å². The Balaban J connectivity index is 1.58. The van der Waals surface area contributed by atoms with E-state index in [-0.39, 0.29) is 0 Å². The molecule has 1 fully saturated rings. The first-order valence-corrected chi connectivity index (χ1v) is 11.4. The molecule has 30 heavy (non-hydrogen) atoms. The summed E-state index contributed by atoms with van der Waals surface area (Å²) >= 11 is 0. The molecule has 2 N–H and O–H groups in total. The van der Waals surface area contributed by atoms with Gasteiger partial charge in [0.05, 0.1) is 6.04 Å². The lowest BCUT2D eigenvalue weighted by atomic mass is 10.2. The molecule has 0 saturated carbocycles. The van der Waals surface area contributed by atoms with Crippen LogP contribution in [0.1, 0.15) is 13.8 Å². The minimum atomic E-state index is -4.15. The summed E-state index contributed by atoms with van der Waals surface area (Å²) in [6.45, 7) is 8.57. The fourth-order valence-corrected chi connectivity index (χ4v) is 4.62. The molecule has 1 saturated heterocycles. The number of carbonyl (C=O) groups is 1. The van der Waals surface area contributed by atoms with Crippen LogP contribution in [-0.2, 0) is 14.8 Å². The number of hydrogen-bond donors (Lipinski definition) is 2. The number of carbonyl (C=O) groups excluding carboxylic acids is 1. The summed E-state index contributed by atoms with van der Waals surface area (Å²) in [6, 6.07) is 11.4. The van der Waals surface area contributed by atoms with E-state index in [4.69, 9.17) is 0 Å². The molecule has 1 unspecified atom stereocenters. The largest absolute Gasteiger partial charge is 0.369 e. The molecule has 1 aliphatic heterocycles. The molecule has 0 aliphatic carbocycles. The van der Waals surface area contributed by atoms with Gasteiger partial charge in [0, 0.05) is 37.6 Å². The highest BCUT2D eigenvalue weighted by Crippen LogP contribution is 2.20. The fourth-order valence-electron chi connectivity index (χ4n) is 3.34. The monoisotopic (exact) mass is 434 g/mol. The zero-order valence-corrected chi connectivity index (χ0v) is 18.0. The molecule has 0 aromatic heterocycles. The van der Waals surface area contributed by atoms with Crippen LogP contribution in [-0.4, -0.2) is 58.0 Å². The van der Waals surface area contributed by atoms with Crippen molar-refractivity contribution in [3.05, 3.63) is 54.3 Å². The Kier molecular flexibility index (Phi) is 7.06. The molecule has 1 atom stereocenters. The van der Waals surface area contributed by atoms with E-state index in [0.717, 1.165) is 50.5 Å². The highest BCUT2D eigenvalue weighted by molar-refractivity contribution is 7.89. The van der Waals surface area contributed by atoms with Crippen LogP contribution >= 0.6 is 0 Å². The van der Waals surface area contributed by atoms with Gasteiger partial charge in [0.25, 0.3) is 0 Å². The first kappa shape index (κ1) is 22.2. The number of halogens is 1. The molecule has 3 rings (SSSR count). The molecule has 2 aromatic carbocycles. The zero-order chi connectivity index (χ0) is 21.7. The van der Waals surface area contributed by atoms with Crippen molar-refractivity contribution in [1.82, 2.24) is 9.62 Å². The van der Waals surface area contributed by atoms with Crippen molar-refractivity contribution in [2.24, 2.45) is 0 Å². The Morgan fingerprint density at radius 2 is 1.70 bits per heavy atom. The van der Waals surface area contributed by atoms with Crippen LogP contribution in [0.3, 0.4) is 0 Å². The van der Waals surface area contributed by atoms with Gasteiger partial charge in [0.15, 0.2) is 0 Å². The number of nitrogens with zero attached hydrogens (tertiary/aromatic N) is 2. The Morgan fingerprint density at radius 3 is 2.30 bits per heavy atom. The molecular weight excluding hydrogens is 407 g/mol. The predicted octanol–water partition coefficient (Wildman–Crippen LogP) is 2.27. The van der Waals surface area contributed by atoms with E-state index in [0.29, 0.717) is 5.69 Å². The van der Waals surface area contributed by atoms with Gasteiger partial charge in [-0.1, -0.05) is 19.1 Å². The number of anilines is 2. The molecular formula is C21H27FN4O3S. The maximum atomic E-state index is 13.8. The van der Waals surface area contributed by atoms with Crippen LogP contribution in [0.25, 0.3) is 0 Å². The third kappa shape index (κ3) is 5.35. The summed E-state index contributed by atoms with van der Waals surface area (Å²) in [7, 11) is -4.15. The number of sulfonamides is 1. The summed E-state index contributed by atoms with van der Waals surface area (Å²) in [5.74, 6) is -1.40. The zero-order valence-electron chi connectivity index (χ0n) is 17.1. The lowest BCUT2D eigenvalue weighted by molar-refractivity contribution is -0.117. The number of benzene rings is 2.